The topological polar surface area (TPSA) is 21.3 Å². The molecular formula is C18H28FNO. The first-order chi connectivity index (χ1) is 9.89. The molecule has 3 atom stereocenters. The third-order valence-electron chi connectivity index (χ3n) is 4.31. The minimum absolute atomic E-state index is 0.0863. The van der Waals surface area contributed by atoms with Crippen molar-refractivity contribution in [1.82, 2.24) is 5.32 Å². The summed E-state index contributed by atoms with van der Waals surface area (Å²) in [7, 11) is 1.91. The Morgan fingerprint density at radius 2 is 2.14 bits per heavy atom. The van der Waals surface area contributed by atoms with Crippen molar-refractivity contribution >= 4 is 0 Å². The van der Waals surface area contributed by atoms with Gasteiger partial charge in [-0.15, -0.1) is 0 Å². The molecule has 1 aromatic carbocycles. The van der Waals surface area contributed by atoms with Crippen LogP contribution in [0, 0.1) is 17.2 Å². The molecule has 3 heteroatoms. The second-order valence-electron chi connectivity index (χ2n) is 7.27. The van der Waals surface area contributed by atoms with Crippen molar-refractivity contribution < 1.29 is 9.13 Å². The summed E-state index contributed by atoms with van der Waals surface area (Å²) < 4.78 is 19.8. The van der Waals surface area contributed by atoms with Gasteiger partial charge in [0, 0.05) is 6.54 Å². The Kier molecular flexibility index (Phi) is 5.39. The Bertz CT molecular complexity index is 460. The molecule has 1 aromatic rings. The molecule has 1 aliphatic rings. The van der Waals surface area contributed by atoms with Crippen LogP contribution in [0.3, 0.4) is 0 Å². The first-order valence-corrected chi connectivity index (χ1v) is 7.95. The minimum atomic E-state index is -0.199. The fourth-order valence-electron chi connectivity index (χ4n) is 3.73. The largest absolute Gasteiger partial charge is 0.369 e. The second-order valence-corrected chi connectivity index (χ2v) is 7.27. The molecule has 1 fully saturated rings. The third kappa shape index (κ3) is 4.79. The SMILES string of the molecule is CNCC(OC1CC(C)CC(C)(C)C1)c1cccc(F)c1. The number of halogens is 1. The quantitative estimate of drug-likeness (QED) is 0.873. The van der Waals surface area contributed by atoms with E-state index in [2.05, 4.69) is 26.1 Å². The van der Waals surface area contributed by atoms with Crippen molar-refractivity contribution in [2.75, 3.05) is 13.6 Å². The highest BCUT2D eigenvalue weighted by molar-refractivity contribution is 5.19. The van der Waals surface area contributed by atoms with E-state index in [4.69, 9.17) is 4.74 Å². The highest BCUT2D eigenvalue weighted by atomic mass is 19.1. The molecular weight excluding hydrogens is 265 g/mol. The van der Waals surface area contributed by atoms with Gasteiger partial charge in [-0.05, 0) is 55.3 Å². The first-order valence-electron chi connectivity index (χ1n) is 7.95. The van der Waals surface area contributed by atoms with E-state index in [1.165, 1.54) is 12.5 Å². The molecule has 1 N–H and O–H groups in total. The van der Waals surface area contributed by atoms with Gasteiger partial charge in [0.25, 0.3) is 0 Å². The molecule has 0 aliphatic heterocycles. The molecule has 0 spiro atoms. The maximum Gasteiger partial charge on any atom is 0.123 e. The molecule has 2 rings (SSSR count). The van der Waals surface area contributed by atoms with E-state index < -0.39 is 0 Å². The van der Waals surface area contributed by atoms with E-state index in [1.54, 1.807) is 12.1 Å². The van der Waals surface area contributed by atoms with Crippen LogP contribution < -0.4 is 5.32 Å². The van der Waals surface area contributed by atoms with Crippen LogP contribution in [-0.4, -0.2) is 19.7 Å². The van der Waals surface area contributed by atoms with Crippen LogP contribution in [0.1, 0.15) is 51.7 Å². The lowest BCUT2D eigenvalue weighted by atomic mass is 9.71. The lowest BCUT2D eigenvalue weighted by Crippen LogP contribution is -2.35. The van der Waals surface area contributed by atoms with E-state index in [9.17, 15) is 4.39 Å². The van der Waals surface area contributed by atoms with Gasteiger partial charge in [-0.2, -0.15) is 0 Å². The van der Waals surface area contributed by atoms with Gasteiger partial charge in [0.05, 0.1) is 12.2 Å². The molecule has 0 radical (unpaired) electrons. The lowest BCUT2D eigenvalue weighted by molar-refractivity contribution is -0.0657. The number of nitrogens with one attached hydrogen (secondary N) is 1. The van der Waals surface area contributed by atoms with Gasteiger partial charge in [0.2, 0.25) is 0 Å². The summed E-state index contributed by atoms with van der Waals surface area (Å²) in [5, 5.41) is 3.16. The van der Waals surface area contributed by atoms with Gasteiger partial charge < -0.3 is 10.1 Å². The Morgan fingerprint density at radius 3 is 2.76 bits per heavy atom. The summed E-state index contributed by atoms with van der Waals surface area (Å²) in [6.45, 7) is 7.63. The van der Waals surface area contributed by atoms with Crippen molar-refractivity contribution in [2.45, 2.75) is 52.2 Å². The summed E-state index contributed by atoms with van der Waals surface area (Å²) in [6.07, 6.45) is 3.59. The molecule has 1 saturated carbocycles. The second kappa shape index (κ2) is 6.89. The van der Waals surface area contributed by atoms with E-state index in [1.807, 2.05) is 13.1 Å². The number of benzene rings is 1. The van der Waals surface area contributed by atoms with Gasteiger partial charge in [0.15, 0.2) is 0 Å². The van der Waals surface area contributed by atoms with Gasteiger partial charge in [-0.25, -0.2) is 4.39 Å². The summed E-state index contributed by atoms with van der Waals surface area (Å²) in [5.74, 6) is 0.482. The molecule has 118 valence electrons. The molecule has 0 bridgehead atoms. The first kappa shape index (κ1) is 16.4. The van der Waals surface area contributed by atoms with Gasteiger partial charge in [-0.1, -0.05) is 32.9 Å². The zero-order valence-electron chi connectivity index (χ0n) is 13.7. The lowest BCUT2D eigenvalue weighted by Gasteiger charge is -2.40. The predicted octanol–water partition coefficient (Wildman–Crippen LogP) is 4.32. The average Bonchev–Trinajstić information content (AvgIpc) is 2.35. The van der Waals surface area contributed by atoms with Crippen LogP contribution >= 0.6 is 0 Å². The highest BCUT2D eigenvalue weighted by Gasteiger charge is 2.33. The van der Waals surface area contributed by atoms with Crippen LogP contribution in [0.25, 0.3) is 0 Å². The van der Waals surface area contributed by atoms with Crippen molar-refractivity contribution in [3.63, 3.8) is 0 Å². The van der Waals surface area contributed by atoms with Crippen LogP contribution in [0.5, 0.6) is 0 Å². The van der Waals surface area contributed by atoms with Gasteiger partial charge in [-0.3, -0.25) is 0 Å². The molecule has 0 heterocycles. The molecule has 0 aromatic heterocycles. The van der Waals surface area contributed by atoms with Crippen molar-refractivity contribution in [2.24, 2.45) is 11.3 Å². The molecule has 21 heavy (non-hydrogen) atoms. The molecule has 2 nitrogen and oxygen atoms in total. The zero-order chi connectivity index (χ0) is 15.5. The van der Waals surface area contributed by atoms with E-state index in [0.717, 1.165) is 18.4 Å². The van der Waals surface area contributed by atoms with Crippen LogP contribution in [-0.2, 0) is 4.74 Å². The molecule has 0 amide bonds. The van der Waals surface area contributed by atoms with Crippen LogP contribution in [0.2, 0.25) is 0 Å². The Hall–Kier alpha value is -0.930. The minimum Gasteiger partial charge on any atom is -0.369 e. The number of ether oxygens (including phenoxy) is 1. The summed E-state index contributed by atoms with van der Waals surface area (Å²) in [5.41, 5.74) is 1.24. The van der Waals surface area contributed by atoms with Crippen molar-refractivity contribution in [3.05, 3.63) is 35.6 Å². The normalized spacial score (nSPS) is 26.5. The highest BCUT2D eigenvalue weighted by Crippen LogP contribution is 2.41. The van der Waals surface area contributed by atoms with Crippen molar-refractivity contribution in [3.8, 4) is 0 Å². The fourth-order valence-corrected chi connectivity index (χ4v) is 3.73. The predicted molar refractivity (Wildman–Crippen MR) is 84.7 cm³/mol. The Labute approximate surface area is 128 Å². The zero-order valence-corrected chi connectivity index (χ0v) is 13.7. The van der Waals surface area contributed by atoms with E-state index >= 15 is 0 Å². The summed E-state index contributed by atoms with van der Waals surface area (Å²) >= 11 is 0. The molecule has 1 aliphatic carbocycles. The van der Waals surface area contributed by atoms with Crippen molar-refractivity contribution in [1.29, 1.82) is 0 Å². The maximum absolute atomic E-state index is 13.5. The van der Waals surface area contributed by atoms with E-state index in [0.29, 0.717) is 17.9 Å². The standard InChI is InChI=1S/C18H28FNO/c1-13-8-16(11-18(2,3)10-13)21-17(12-20-4)14-6-5-7-15(19)9-14/h5-7,9,13,16-17,20H,8,10-12H2,1-4H3. The smallest absolute Gasteiger partial charge is 0.123 e. The summed E-state index contributed by atoms with van der Waals surface area (Å²) in [6, 6.07) is 6.76. The Morgan fingerprint density at radius 1 is 1.38 bits per heavy atom. The monoisotopic (exact) mass is 293 g/mol. The third-order valence-corrected chi connectivity index (χ3v) is 4.31. The molecule has 3 unspecified atom stereocenters. The Balaban J connectivity index is 2.09. The summed E-state index contributed by atoms with van der Waals surface area (Å²) in [4.78, 5) is 0. The number of rotatable bonds is 5. The van der Waals surface area contributed by atoms with Gasteiger partial charge in [0.1, 0.15) is 5.82 Å². The fraction of sp³-hybridized carbons (Fsp3) is 0.667. The molecule has 0 saturated heterocycles. The average molecular weight is 293 g/mol. The van der Waals surface area contributed by atoms with E-state index in [-0.39, 0.29) is 18.0 Å². The van der Waals surface area contributed by atoms with Crippen LogP contribution in [0.15, 0.2) is 24.3 Å². The number of hydrogen-bond donors (Lipinski definition) is 1. The number of likely N-dealkylation sites (N-methyl/N-ethyl adjacent to an activating group) is 1. The number of hydrogen-bond acceptors (Lipinski definition) is 2. The van der Waals surface area contributed by atoms with Crippen LogP contribution in [0.4, 0.5) is 4.39 Å². The van der Waals surface area contributed by atoms with Gasteiger partial charge >= 0.3 is 0 Å². The maximum atomic E-state index is 13.5.